The van der Waals surface area contributed by atoms with Gasteiger partial charge in [0.05, 0.1) is 0 Å². The van der Waals surface area contributed by atoms with E-state index in [0.717, 1.165) is 0 Å². The summed E-state index contributed by atoms with van der Waals surface area (Å²) in [6.07, 6.45) is -0.0556. The van der Waals surface area contributed by atoms with Gasteiger partial charge in [-0.15, -0.1) is 0 Å². The molecule has 0 rings (SSSR count). The van der Waals surface area contributed by atoms with Gasteiger partial charge in [0.1, 0.15) is 11.6 Å². The number of hydrogen-bond acceptors (Lipinski definition) is 4. The van der Waals surface area contributed by atoms with Gasteiger partial charge in [0.2, 0.25) is 0 Å². The Morgan fingerprint density at radius 3 is 1.06 bits per heavy atom. The van der Waals surface area contributed by atoms with Crippen molar-refractivity contribution in [2.24, 2.45) is 0 Å². The molecule has 0 spiro atoms. The molecule has 0 aliphatic heterocycles. The van der Waals surface area contributed by atoms with Crippen molar-refractivity contribution in [3.8, 4) is 0 Å². The summed E-state index contributed by atoms with van der Waals surface area (Å²) in [4.78, 5) is 39.8. The molecule has 0 atom stereocenters. The molecule has 0 fully saturated rings. The van der Waals surface area contributed by atoms with E-state index in [1.54, 1.807) is 0 Å². The maximum absolute atomic E-state index is 9.99. The van der Waals surface area contributed by atoms with E-state index in [9.17, 15) is 19.2 Å². The third-order valence-corrected chi connectivity index (χ3v) is 0.892. The molecule has 0 aromatic carbocycles. The fourth-order valence-corrected chi connectivity index (χ4v) is 0.555. The molecule has 0 aliphatic rings. The minimum absolute atomic E-state index is 0.0278. The van der Waals surface area contributed by atoms with E-state index in [2.05, 4.69) is 13.8 Å². The van der Waals surface area contributed by atoms with Crippen molar-refractivity contribution >= 4 is 41.7 Å². The maximum atomic E-state index is 9.99. The SMILES string of the molecule is [CH2-]C(=O)CC(C)=O.[CH2-]C(=O)CC(C)=O.[Cl][Ti][Cl]. The molecule has 0 aliphatic carbocycles. The van der Waals surface area contributed by atoms with Crippen LogP contribution in [0.1, 0.15) is 26.7 Å². The van der Waals surface area contributed by atoms with Crippen LogP contribution in [0, 0.1) is 13.8 Å². The van der Waals surface area contributed by atoms with Crippen molar-refractivity contribution in [3.63, 3.8) is 0 Å². The zero-order valence-corrected chi connectivity index (χ0v) is 12.8. The molecule has 0 amide bonds. The summed E-state index contributed by atoms with van der Waals surface area (Å²) >= 11 is -0.556. The van der Waals surface area contributed by atoms with Gasteiger partial charge in [0, 0.05) is 24.4 Å². The molecule has 0 heterocycles. The van der Waals surface area contributed by atoms with Gasteiger partial charge in [-0.2, -0.15) is 0 Å². The molecule has 0 saturated heterocycles. The number of ketones is 4. The third kappa shape index (κ3) is 49.7. The molecule has 7 heteroatoms. The van der Waals surface area contributed by atoms with Crippen molar-refractivity contribution in [1.29, 1.82) is 0 Å². The first-order valence-corrected chi connectivity index (χ1v) is 8.61. The average Bonchev–Trinajstić information content (AvgIpc) is 1.99. The van der Waals surface area contributed by atoms with Gasteiger partial charge >= 0.3 is 35.6 Å². The Labute approximate surface area is 118 Å². The van der Waals surface area contributed by atoms with Gasteiger partial charge in [-0.3, -0.25) is 9.59 Å². The normalized spacial score (nSPS) is 7.53. The molecular formula is C10H14Cl2O4Ti-2. The van der Waals surface area contributed by atoms with Crippen LogP contribution in [0.4, 0.5) is 0 Å². The Morgan fingerprint density at radius 1 is 0.882 bits per heavy atom. The van der Waals surface area contributed by atoms with Crippen LogP contribution in [0.5, 0.6) is 0 Å². The number of carbonyl (C=O) groups is 4. The van der Waals surface area contributed by atoms with E-state index >= 15 is 0 Å². The summed E-state index contributed by atoms with van der Waals surface area (Å²) in [6, 6.07) is 0. The average molecular weight is 317 g/mol. The Bertz CT molecular complexity index is 217. The zero-order chi connectivity index (χ0) is 14.4. The Hall–Kier alpha value is -0.286. The predicted molar refractivity (Wildman–Crippen MR) is 63.0 cm³/mol. The van der Waals surface area contributed by atoms with Crippen LogP contribution >= 0.6 is 18.6 Å². The number of rotatable bonds is 4. The third-order valence-electron chi connectivity index (χ3n) is 0.892. The molecular weight excluding hydrogens is 303 g/mol. The topological polar surface area (TPSA) is 68.3 Å². The second kappa shape index (κ2) is 15.7. The van der Waals surface area contributed by atoms with E-state index in [0.29, 0.717) is 0 Å². The molecule has 0 N–H and O–H groups in total. The van der Waals surface area contributed by atoms with Gasteiger partial charge in [0.25, 0.3) is 0 Å². The fraction of sp³-hybridized carbons (Fsp3) is 0.400. The van der Waals surface area contributed by atoms with Crippen molar-refractivity contribution in [1.82, 2.24) is 0 Å². The van der Waals surface area contributed by atoms with Gasteiger partial charge in [0.15, 0.2) is 0 Å². The number of carbonyl (C=O) groups excluding carboxylic acids is 4. The van der Waals surface area contributed by atoms with Crippen LogP contribution in [0.3, 0.4) is 0 Å². The van der Waals surface area contributed by atoms with E-state index in [1.165, 1.54) is 13.8 Å². The van der Waals surface area contributed by atoms with Gasteiger partial charge < -0.3 is 23.4 Å². The summed E-state index contributed by atoms with van der Waals surface area (Å²) in [7, 11) is 9.78. The summed E-state index contributed by atoms with van der Waals surface area (Å²) in [5, 5.41) is 0. The van der Waals surface area contributed by atoms with Crippen LogP contribution in [-0.4, -0.2) is 23.1 Å². The molecule has 17 heavy (non-hydrogen) atoms. The Balaban J connectivity index is -0.000000188. The van der Waals surface area contributed by atoms with Gasteiger partial charge in [-0.25, -0.2) is 0 Å². The van der Waals surface area contributed by atoms with Crippen molar-refractivity contribution in [2.75, 3.05) is 0 Å². The van der Waals surface area contributed by atoms with Gasteiger partial charge in [-0.1, -0.05) is 0 Å². The van der Waals surface area contributed by atoms with Gasteiger partial charge in [-0.05, 0) is 13.8 Å². The molecule has 0 aromatic rings. The van der Waals surface area contributed by atoms with Crippen LogP contribution in [0.25, 0.3) is 0 Å². The standard InChI is InChI=1S/2C5H7O2.2ClH.Ti/c2*1-4(6)3-5(2)7;;;/h2*1,3H2,2H3;2*1H;/q2*-1;;;+2/p-2. The number of hydrogen-bond donors (Lipinski definition) is 0. The molecule has 0 aromatic heterocycles. The molecule has 0 bridgehead atoms. The van der Waals surface area contributed by atoms with Crippen LogP contribution in [-0.2, 0) is 36.2 Å². The van der Waals surface area contributed by atoms with Crippen LogP contribution < -0.4 is 0 Å². The first-order valence-electron chi connectivity index (χ1n) is 4.32. The first kappa shape index (κ1) is 21.9. The molecule has 0 saturated carbocycles. The van der Waals surface area contributed by atoms with E-state index in [-0.39, 0.29) is 36.0 Å². The Morgan fingerprint density at radius 2 is 1.06 bits per heavy atom. The van der Waals surface area contributed by atoms with Crippen molar-refractivity contribution in [2.45, 2.75) is 26.7 Å². The predicted octanol–water partition coefficient (Wildman–Crippen LogP) is 2.11. The minimum atomic E-state index is -0.556. The quantitative estimate of drug-likeness (QED) is 0.452. The van der Waals surface area contributed by atoms with E-state index < -0.39 is 17.0 Å². The van der Waals surface area contributed by atoms with E-state index in [1.807, 2.05) is 0 Å². The Kier molecular flexibility index (Phi) is 20.3. The zero-order valence-electron chi connectivity index (χ0n) is 9.72. The second-order valence-electron chi connectivity index (χ2n) is 2.91. The molecule has 4 nitrogen and oxygen atoms in total. The first-order chi connectivity index (χ1) is 7.67. The van der Waals surface area contributed by atoms with Crippen LogP contribution in [0.2, 0.25) is 0 Å². The molecule has 0 radical (unpaired) electrons. The number of halogens is 2. The van der Waals surface area contributed by atoms with E-state index in [4.69, 9.17) is 18.6 Å². The number of Topliss-reactive ketones (excluding diaryl/α,β-unsaturated/α-hetero) is 4. The summed E-state index contributed by atoms with van der Waals surface area (Å²) in [6.45, 7) is 8.77. The van der Waals surface area contributed by atoms with Crippen LogP contribution in [0.15, 0.2) is 0 Å². The monoisotopic (exact) mass is 316 g/mol. The molecule has 0 unspecified atom stereocenters. The van der Waals surface area contributed by atoms with Crippen molar-refractivity contribution in [3.05, 3.63) is 13.8 Å². The molecule has 98 valence electrons. The second-order valence-corrected chi connectivity index (χ2v) is 5.49. The summed E-state index contributed by atoms with van der Waals surface area (Å²) in [5.41, 5.74) is 0. The van der Waals surface area contributed by atoms with Crippen molar-refractivity contribution < 1.29 is 36.2 Å². The fourth-order valence-electron chi connectivity index (χ4n) is 0.555. The summed E-state index contributed by atoms with van der Waals surface area (Å²) < 4.78 is 0. The summed E-state index contributed by atoms with van der Waals surface area (Å²) in [5.74, 6) is -0.875.